The van der Waals surface area contributed by atoms with Crippen LogP contribution in [0.2, 0.25) is 0 Å². The summed E-state index contributed by atoms with van der Waals surface area (Å²) in [7, 11) is -3.76. The van der Waals surface area contributed by atoms with Gasteiger partial charge in [0.15, 0.2) is 15.0 Å². The highest BCUT2D eigenvalue weighted by Crippen LogP contribution is 2.34. The van der Waals surface area contributed by atoms with Crippen molar-refractivity contribution in [2.75, 3.05) is 24.7 Å². The van der Waals surface area contributed by atoms with Gasteiger partial charge in [0.25, 0.3) is 5.91 Å². The summed E-state index contributed by atoms with van der Waals surface area (Å²) in [6.07, 6.45) is 2.77. The molecule has 1 N–H and O–H groups in total. The molecule has 184 valence electrons. The molecule has 0 spiro atoms. The van der Waals surface area contributed by atoms with Crippen molar-refractivity contribution < 1.29 is 27.1 Å². The van der Waals surface area contributed by atoms with Gasteiger partial charge in [-0.3, -0.25) is 9.59 Å². The fraction of sp³-hybridized carbons (Fsp3) is 0.292. The molecule has 1 aliphatic heterocycles. The summed E-state index contributed by atoms with van der Waals surface area (Å²) in [4.78, 5) is 30.9. The van der Waals surface area contributed by atoms with Crippen LogP contribution >= 0.6 is 11.3 Å². The summed E-state index contributed by atoms with van der Waals surface area (Å²) in [5.74, 6) is -0.837. The number of carbonyl (C=O) groups excluding carboxylic acids is 2. The van der Waals surface area contributed by atoms with E-state index in [2.05, 4.69) is 10.3 Å². The molecule has 0 atom stereocenters. The first-order valence-electron chi connectivity index (χ1n) is 10.9. The molecule has 2 amide bonds. The fourth-order valence-corrected chi connectivity index (χ4v) is 5.56. The minimum atomic E-state index is -3.76. The van der Waals surface area contributed by atoms with Crippen LogP contribution in [-0.2, 0) is 27.6 Å². The number of aromatic nitrogens is 1. The second kappa shape index (κ2) is 9.74. The summed E-state index contributed by atoms with van der Waals surface area (Å²) in [5.41, 5.74) is 1.84. The third-order valence-corrected chi connectivity index (χ3v) is 7.67. The Morgan fingerprint density at radius 1 is 1.26 bits per heavy atom. The van der Waals surface area contributed by atoms with E-state index in [0.717, 1.165) is 28.3 Å². The Balaban J connectivity index is 1.65. The zero-order valence-corrected chi connectivity index (χ0v) is 21.1. The maximum atomic E-state index is 15.0. The Labute approximate surface area is 206 Å². The summed E-state index contributed by atoms with van der Waals surface area (Å²) in [6.45, 7) is 3.87. The predicted octanol–water partition coefficient (Wildman–Crippen LogP) is 3.91. The first-order valence-corrected chi connectivity index (χ1v) is 13.6. The molecule has 0 saturated heterocycles. The molecule has 4 rings (SSSR count). The zero-order chi connectivity index (χ0) is 25.3. The molecular weight excluding hydrogens is 493 g/mol. The molecule has 2 aromatic carbocycles. The van der Waals surface area contributed by atoms with Crippen LogP contribution in [0.5, 0.6) is 5.75 Å². The van der Waals surface area contributed by atoms with Gasteiger partial charge >= 0.3 is 0 Å². The van der Waals surface area contributed by atoms with E-state index in [1.54, 1.807) is 18.0 Å². The van der Waals surface area contributed by atoms with Crippen LogP contribution < -0.4 is 10.1 Å². The van der Waals surface area contributed by atoms with Gasteiger partial charge in [-0.1, -0.05) is 18.3 Å². The number of nitrogens with one attached hydrogen (secondary N) is 1. The van der Waals surface area contributed by atoms with Crippen molar-refractivity contribution in [1.82, 2.24) is 9.88 Å². The van der Waals surface area contributed by atoms with Crippen LogP contribution in [0.4, 0.5) is 9.52 Å². The maximum Gasteiger partial charge on any atom is 0.254 e. The highest BCUT2D eigenvalue weighted by molar-refractivity contribution is 7.90. The van der Waals surface area contributed by atoms with Crippen LogP contribution in [0.15, 0.2) is 41.4 Å². The van der Waals surface area contributed by atoms with Crippen LogP contribution in [0, 0.1) is 5.82 Å². The molecule has 0 aliphatic carbocycles. The predicted molar refractivity (Wildman–Crippen MR) is 131 cm³/mol. The average Bonchev–Trinajstić information content (AvgIpc) is 3.14. The molecule has 0 unspecified atom stereocenters. The summed E-state index contributed by atoms with van der Waals surface area (Å²) < 4.78 is 44.7. The number of hydrogen-bond acceptors (Lipinski definition) is 7. The van der Waals surface area contributed by atoms with Crippen molar-refractivity contribution in [3.8, 4) is 16.2 Å². The van der Waals surface area contributed by atoms with E-state index in [0.29, 0.717) is 10.9 Å². The van der Waals surface area contributed by atoms with Crippen LogP contribution in [0.1, 0.15) is 35.3 Å². The lowest BCUT2D eigenvalue weighted by Crippen LogP contribution is -2.33. The van der Waals surface area contributed by atoms with Gasteiger partial charge in [0.1, 0.15) is 23.1 Å². The van der Waals surface area contributed by atoms with Crippen LogP contribution in [0.25, 0.3) is 10.4 Å². The number of fused-ring (bicyclic) bond motifs is 1. The average molecular weight is 518 g/mol. The van der Waals surface area contributed by atoms with E-state index < -0.39 is 26.5 Å². The standard InChI is InChI=1S/C24H24FN3O5S2/c1-4-17-18(6-8-21(22(17)25)35(3,31)32)23(30)28-9-10-33-19-7-5-15(11-16(19)13-28)20-12-26-24(34-20)27-14(2)29/h5-8,11-12H,4,9-10,13H2,1-3H3,(H,26,27,29). The van der Waals surface area contributed by atoms with Crippen molar-refractivity contribution in [3.63, 3.8) is 0 Å². The lowest BCUT2D eigenvalue weighted by molar-refractivity contribution is -0.114. The molecule has 11 heteroatoms. The second-order valence-electron chi connectivity index (χ2n) is 8.14. The Morgan fingerprint density at radius 3 is 2.71 bits per heavy atom. The number of halogens is 1. The summed E-state index contributed by atoms with van der Waals surface area (Å²) in [5, 5.41) is 3.15. The highest BCUT2D eigenvalue weighted by atomic mass is 32.2. The fourth-order valence-electron chi connectivity index (χ4n) is 3.94. The van der Waals surface area contributed by atoms with Crippen LogP contribution in [0.3, 0.4) is 0 Å². The second-order valence-corrected chi connectivity index (χ2v) is 11.2. The van der Waals surface area contributed by atoms with Crippen molar-refractivity contribution in [2.24, 2.45) is 0 Å². The van der Waals surface area contributed by atoms with Crippen molar-refractivity contribution >= 4 is 38.1 Å². The molecule has 0 bridgehead atoms. The Morgan fingerprint density at radius 2 is 2.03 bits per heavy atom. The maximum absolute atomic E-state index is 15.0. The van der Waals surface area contributed by atoms with E-state index in [4.69, 9.17) is 4.74 Å². The Kier molecular flexibility index (Phi) is 6.91. The minimum Gasteiger partial charge on any atom is -0.491 e. The van der Waals surface area contributed by atoms with Gasteiger partial charge in [-0.05, 0) is 42.3 Å². The first-order chi connectivity index (χ1) is 16.6. The van der Waals surface area contributed by atoms with Gasteiger partial charge in [-0.2, -0.15) is 0 Å². The third-order valence-electron chi connectivity index (χ3n) is 5.59. The summed E-state index contributed by atoms with van der Waals surface area (Å²) in [6, 6.07) is 8.14. The summed E-state index contributed by atoms with van der Waals surface area (Å²) >= 11 is 1.33. The van der Waals surface area contributed by atoms with E-state index in [9.17, 15) is 22.4 Å². The first kappa shape index (κ1) is 24.8. The molecule has 1 aliphatic rings. The molecule has 2 heterocycles. The van der Waals surface area contributed by atoms with E-state index in [1.807, 2.05) is 18.2 Å². The SMILES string of the molecule is CCc1c(C(=O)N2CCOc3ccc(-c4cnc(NC(C)=O)s4)cc3C2)ccc(S(C)(=O)=O)c1F. The van der Waals surface area contributed by atoms with Gasteiger partial charge in [-0.15, -0.1) is 0 Å². The zero-order valence-electron chi connectivity index (χ0n) is 19.4. The monoisotopic (exact) mass is 517 g/mol. The third kappa shape index (κ3) is 5.20. The number of rotatable bonds is 5. The number of anilines is 1. The largest absolute Gasteiger partial charge is 0.491 e. The smallest absolute Gasteiger partial charge is 0.254 e. The van der Waals surface area contributed by atoms with Gasteiger partial charge in [0.2, 0.25) is 5.91 Å². The number of hydrogen-bond donors (Lipinski definition) is 1. The number of ether oxygens (including phenoxy) is 1. The van der Waals surface area contributed by atoms with Gasteiger partial charge < -0.3 is 15.0 Å². The lowest BCUT2D eigenvalue weighted by atomic mass is 10.0. The van der Waals surface area contributed by atoms with Gasteiger partial charge in [-0.25, -0.2) is 17.8 Å². The number of sulfone groups is 1. The van der Waals surface area contributed by atoms with E-state index in [-0.39, 0.29) is 43.2 Å². The quantitative estimate of drug-likeness (QED) is 0.550. The number of thiazole rings is 1. The number of carbonyl (C=O) groups is 2. The van der Waals surface area contributed by atoms with E-state index >= 15 is 0 Å². The van der Waals surface area contributed by atoms with Crippen LogP contribution in [-0.4, -0.2) is 49.5 Å². The minimum absolute atomic E-state index is 0.0761. The number of amides is 2. The highest BCUT2D eigenvalue weighted by Gasteiger charge is 2.27. The Hall–Kier alpha value is -3.31. The number of benzene rings is 2. The molecule has 0 saturated carbocycles. The Bertz CT molecular complexity index is 1420. The molecule has 1 aromatic heterocycles. The molecule has 0 radical (unpaired) electrons. The molecular formula is C24H24FN3O5S2. The molecule has 35 heavy (non-hydrogen) atoms. The normalized spacial score (nSPS) is 13.5. The molecule has 8 nitrogen and oxygen atoms in total. The van der Waals surface area contributed by atoms with E-state index in [1.165, 1.54) is 24.3 Å². The molecule has 3 aromatic rings. The van der Waals surface area contributed by atoms with Crippen molar-refractivity contribution in [3.05, 3.63) is 59.0 Å². The topological polar surface area (TPSA) is 106 Å². The number of nitrogens with zero attached hydrogens (tertiary/aromatic N) is 2. The lowest BCUT2D eigenvalue weighted by Gasteiger charge is -2.22. The van der Waals surface area contributed by atoms with Gasteiger partial charge in [0.05, 0.1) is 11.4 Å². The van der Waals surface area contributed by atoms with Gasteiger partial charge in [0, 0.05) is 42.6 Å². The van der Waals surface area contributed by atoms with Crippen molar-refractivity contribution in [2.45, 2.75) is 31.7 Å². The molecule has 0 fully saturated rings. The van der Waals surface area contributed by atoms with Crippen molar-refractivity contribution in [1.29, 1.82) is 0 Å².